The van der Waals surface area contributed by atoms with Crippen LogP contribution in [0.15, 0.2) is 42.7 Å². The molecule has 0 spiro atoms. The number of halogens is 3. The number of hydrogen-bond donors (Lipinski definition) is 1. The van der Waals surface area contributed by atoms with Crippen LogP contribution in [0.5, 0.6) is 0 Å². The summed E-state index contributed by atoms with van der Waals surface area (Å²) in [4.78, 5) is 3.91. The first kappa shape index (κ1) is 12.6. The summed E-state index contributed by atoms with van der Waals surface area (Å²) < 4.78 is 38.6. The molecule has 5 heteroatoms. The van der Waals surface area contributed by atoms with E-state index in [0.29, 0.717) is 11.1 Å². The Bertz CT molecular complexity index is 536. The molecule has 18 heavy (non-hydrogen) atoms. The lowest BCUT2D eigenvalue weighted by Gasteiger charge is -2.15. The van der Waals surface area contributed by atoms with Gasteiger partial charge in [0, 0.05) is 24.5 Å². The van der Waals surface area contributed by atoms with Gasteiger partial charge in [-0.05, 0) is 23.3 Å². The minimum atomic E-state index is -4.40. The molecule has 0 aliphatic carbocycles. The zero-order valence-corrected chi connectivity index (χ0v) is 9.41. The average molecular weight is 252 g/mol. The maximum Gasteiger partial charge on any atom is 0.416 e. The molecule has 2 nitrogen and oxygen atoms in total. The molecular weight excluding hydrogens is 241 g/mol. The third-order valence-corrected chi connectivity index (χ3v) is 2.66. The highest BCUT2D eigenvalue weighted by atomic mass is 19.4. The lowest BCUT2D eigenvalue weighted by atomic mass is 9.96. The Kier molecular flexibility index (Phi) is 3.34. The van der Waals surface area contributed by atoms with Crippen molar-refractivity contribution in [1.82, 2.24) is 4.98 Å². The van der Waals surface area contributed by atoms with Crippen LogP contribution in [-0.4, -0.2) is 4.98 Å². The van der Waals surface area contributed by atoms with Crippen LogP contribution in [0, 0.1) is 0 Å². The van der Waals surface area contributed by atoms with E-state index < -0.39 is 11.7 Å². The summed E-state index contributed by atoms with van der Waals surface area (Å²) in [5.41, 5.74) is 5.97. The van der Waals surface area contributed by atoms with E-state index in [-0.39, 0.29) is 12.1 Å². The van der Waals surface area contributed by atoms with Crippen LogP contribution < -0.4 is 5.73 Å². The van der Waals surface area contributed by atoms with Gasteiger partial charge in [0.05, 0.1) is 5.56 Å². The number of rotatable bonds is 2. The van der Waals surface area contributed by atoms with Gasteiger partial charge in [-0.25, -0.2) is 0 Å². The smallest absolute Gasteiger partial charge is 0.326 e. The minimum absolute atomic E-state index is 0.0954. The van der Waals surface area contributed by atoms with E-state index in [1.807, 2.05) is 0 Å². The fraction of sp³-hybridized carbons (Fsp3) is 0.154. The Morgan fingerprint density at radius 2 is 1.89 bits per heavy atom. The summed E-state index contributed by atoms with van der Waals surface area (Å²) >= 11 is 0. The largest absolute Gasteiger partial charge is 0.416 e. The summed E-state index contributed by atoms with van der Waals surface area (Å²) in [6.07, 6.45) is -1.30. The summed E-state index contributed by atoms with van der Waals surface area (Å²) in [6.45, 7) is -0.167. The number of pyridine rings is 1. The molecule has 0 radical (unpaired) electrons. The van der Waals surface area contributed by atoms with Crippen molar-refractivity contribution >= 4 is 0 Å². The van der Waals surface area contributed by atoms with Crippen molar-refractivity contribution in [2.75, 3.05) is 0 Å². The SMILES string of the molecule is NCc1c(-c2cccnc2)cccc1C(F)(F)F. The fourth-order valence-corrected chi connectivity index (χ4v) is 1.86. The first-order valence-corrected chi connectivity index (χ1v) is 5.33. The van der Waals surface area contributed by atoms with Crippen molar-refractivity contribution in [3.05, 3.63) is 53.9 Å². The number of nitrogens with zero attached hydrogens (tertiary/aromatic N) is 1. The van der Waals surface area contributed by atoms with Gasteiger partial charge >= 0.3 is 6.18 Å². The standard InChI is InChI=1S/C13H11F3N2/c14-13(15,16)12-5-1-4-10(11(12)7-17)9-3-2-6-18-8-9/h1-6,8H,7,17H2. The molecule has 2 N–H and O–H groups in total. The molecule has 1 heterocycles. The minimum Gasteiger partial charge on any atom is -0.326 e. The Morgan fingerprint density at radius 3 is 2.44 bits per heavy atom. The highest BCUT2D eigenvalue weighted by Gasteiger charge is 2.33. The van der Waals surface area contributed by atoms with Crippen LogP contribution in [0.1, 0.15) is 11.1 Å². The van der Waals surface area contributed by atoms with Crippen molar-refractivity contribution in [2.24, 2.45) is 5.73 Å². The van der Waals surface area contributed by atoms with Gasteiger partial charge in [0.15, 0.2) is 0 Å². The molecule has 94 valence electrons. The van der Waals surface area contributed by atoms with Gasteiger partial charge in [0.25, 0.3) is 0 Å². The van der Waals surface area contributed by atoms with E-state index in [1.165, 1.54) is 12.3 Å². The molecule has 0 aliphatic heterocycles. The molecule has 0 amide bonds. The average Bonchev–Trinajstić information content (AvgIpc) is 2.37. The molecular formula is C13H11F3N2. The number of alkyl halides is 3. The van der Waals surface area contributed by atoms with Crippen LogP contribution in [0.25, 0.3) is 11.1 Å². The first-order valence-electron chi connectivity index (χ1n) is 5.33. The van der Waals surface area contributed by atoms with Crippen LogP contribution in [0.2, 0.25) is 0 Å². The van der Waals surface area contributed by atoms with E-state index in [4.69, 9.17) is 5.73 Å². The van der Waals surface area contributed by atoms with Gasteiger partial charge in [0.1, 0.15) is 0 Å². The predicted molar refractivity (Wildman–Crippen MR) is 62.6 cm³/mol. The molecule has 2 aromatic rings. The van der Waals surface area contributed by atoms with Crippen molar-refractivity contribution in [2.45, 2.75) is 12.7 Å². The molecule has 1 aromatic heterocycles. The lowest BCUT2D eigenvalue weighted by molar-refractivity contribution is -0.138. The van der Waals surface area contributed by atoms with Crippen LogP contribution in [0.4, 0.5) is 13.2 Å². The van der Waals surface area contributed by atoms with Crippen LogP contribution in [0.3, 0.4) is 0 Å². The number of benzene rings is 1. The lowest BCUT2D eigenvalue weighted by Crippen LogP contribution is -2.13. The highest BCUT2D eigenvalue weighted by Crippen LogP contribution is 2.36. The second-order valence-electron chi connectivity index (χ2n) is 3.78. The molecule has 0 aliphatic rings. The maximum atomic E-state index is 12.9. The topological polar surface area (TPSA) is 38.9 Å². The van der Waals surface area contributed by atoms with Gasteiger partial charge < -0.3 is 5.73 Å². The molecule has 0 atom stereocenters. The molecule has 0 saturated heterocycles. The zero-order chi connectivity index (χ0) is 13.2. The third kappa shape index (κ3) is 2.36. The summed E-state index contributed by atoms with van der Waals surface area (Å²) in [6, 6.07) is 7.43. The Balaban J connectivity index is 2.63. The Labute approximate surface area is 102 Å². The van der Waals surface area contributed by atoms with Gasteiger partial charge in [-0.1, -0.05) is 18.2 Å². The van der Waals surface area contributed by atoms with E-state index in [0.717, 1.165) is 6.07 Å². The number of nitrogens with two attached hydrogens (primary N) is 1. The quantitative estimate of drug-likeness (QED) is 0.891. The monoisotopic (exact) mass is 252 g/mol. The molecule has 0 unspecified atom stereocenters. The van der Waals surface area contributed by atoms with Crippen molar-refractivity contribution < 1.29 is 13.2 Å². The maximum absolute atomic E-state index is 12.9. The normalized spacial score (nSPS) is 11.6. The second kappa shape index (κ2) is 4.78. The van der Waals surface area contributed by atoms with Gasteiger partial charge in [-0.15, -0.1) is 0 Å². The van der Waals surface area contributed by atoms with Gasteiger partial charge in [-0.3, -0.25) is 4.98 Å². The molecule has 0 fully saturated rings. The van der Waals surface area contributed by atoms with E-state index in [2.05, 4.69) is 4.98 Å². The van der Waals surface area contributed by atoms with E-state index >= 15 is 0 Å². The third-order valence-electron chi connectivity index (χ3n) is 2.66. The highest BCUT2D eigenvalue weighted by molar-refractivity contribution is 5.68. The summed E-state index contributed by atoms with van der Waals surface area (Å²) in [5, 5.41) is 0. The Morgan fingerprint density at radius 1 is 1.11 bits per heavy atom. The first-order chi connectivity index (χ1) is 8.54. The second-order valence-corrected chi connectivity index (χ2v) is 3.78. The van der Waals surface area contributed by atoms with Gasteiger partial charge in [0.2, 0.25) is 0 Å². The van der Waals surface area contributed by atoms with Crippen LogP contribution in [-0.2, 0) is 12.7 Å². The summed E-state index contributed by atoms with van der Waals surface area (Å²) in [7, 11) is 0. The fourth-order valence-electron chi connectivity index (χ4n) is 1.86. The van der Waals surface area contributed by atoms with Crippen molar-refractivity contribution in [3.8, 4) is 11.1 Å². The predicted octanol–water partition coefficient (Wildman–Crippen LogP) is 3.23. The summed E-state index contributed by atoms with van der Waals surface area (Å²) in [5.74, 6) is 0. The zero-order valence-electron chi connectivity index (χ0n) is 9.41. The Hall–Kier alpha value is -1.88. The van der Waals surface area contributed by atoms with E-state index in [9.17, 15) is 13.2 Å². The molecule has 2 rings (SSSR count). The van der Waals surface area contributed by atoms with Crippen molar-refractivity contribution in [3.63, 3.8) is 0 Å². The van der Waals surface area contributed by atoms with Crippen molar-refractivity contribution in [1.29, 1.82) is 0 Å². The van der Waals surface area contributed by atoms with Gasteiger partial charge in [-0.2, -0.15) is 13.2 Å². The molecule has 1 aromatic carbocycles. The number of aromatic nitrogens is 1. The van der Waals surface area contributed by atoms with E-state index in [1.54, 1.807) is 24.4 Å². The molecule has 0 saturated carbocycles. The van der Waals surface area contributed by atoms with Crippen LogP contribution >= 0.6 is 0 Å². The molecule has 0 bridgehead atoms. The number of hydrogen-bond acceptors (Lipinski definition) is 2.